The van der Waals surface area contributed by atoms with Crippen molar-refractivity contribution in [3.05, 3.63) is 58.2 Å². The number of nitro groups is 1. The summed E-state index contributed by atoms with van der Waals surface area (Å²) in [6, 6.07) is 7.14. The van der Waals surface area contributed by atoms with Gasteiger partial charge in [0.2, 0.25) is 0 Å². The van der Waals surface area contributed by atoms with E-state index in [1.54, 1.807) is 30.2 Å². The number of hydrogen-bond donors (Lipinski definition) is 2. The molecule has 166 valence electrons. The summed E-state index contributed by atoms with van der Waals surface area (Å²) >= 11 is 1.76. The van der Waals surface area contributed by atoms with Crippen molar-refractivity contribution >= 4 is 56.6 Å². The molecule has 1 aromatic carbocycles. The molecule has 1 heterocycles. The highest BCUT2D eigenvalue weighted by atomic mass is 79.9. The van der Waals surface area contributed by atoms with Crippen LogP contribution >= 0.6 is 45.7 Å². The minimum absolute atomic E-state index is 0. The summed E-state index contributed by atoms with van der Waals surface area (Å²) in [4.78, 5) is 22.4. The maximum Gasteiger partial charge on any atom is 0.269 e. The van der Waals surface area contributed by atoms with E-state index in [0.717, 1.165) is 35.0 Å². The lowest BCUT2D eigenvalue weighted by Gasteiger charge is -2.24. The number of aromatic amines is 1. The van der Waals surface area contributed by atoms with Crippen LogP contribution in [0.4, 0.5) is 5.69 Å². The van der Waals surface area contributed by atoms with Crippen LogP contribution in [0.3, 0.4) is 0 Å². The Bertz CT molecular complexity index is 766. The first-order valence-electron chi connectivity index (χ1n) is 9.85. The second-order valence-corrected chi connectivity index (χ2v) is 8.14. The summed E-state index contributed by atoms with van der Waals surface area (Å²) in [6.07, 6.45) is 11.9. The minimum Gasteiger partial charge on any atom is -0.362 e. The van der Waals surface area contributed by atoms with Crippen LogP contribution in [0.2, 0.25) is 0 Å². The Morgan fingerprint density at radius 3 is 2.60 bits per heavy atom. The number of aryl methyl sites for hydroxylation is 1. The number of nitrogens with one attached hydrogen (secondary N) is 2. The van der Waals surface area contributed by atoms with E-state index in [4.69, 9.17) is 4.99 Å². The third kappa shape index (κ3) is 9.18. The van der Waals surface area contributed by atoms with Gasteiger partial charge in [0.1, 0.15) is 0 Å². The lowest BCUT2D eigenvalue weighted by molar-refractivity contribution is -0.384. The third-order valence-corrected chi connectivity index (χ3v) is 5.88. The summed E-state index contributed by atoms with van der Waals surface area (Å²) in [5.74, 6) is 0.984. The molecular weight excluding hydrogens is 534 g/mol. The molecule has 1 fully saturated rings. The van der Waals surface area contributed by atoms with Crippen LogP contribution in [-0.2, 0) is 13.0 Å². The molecule has 1 aliphatic carbocycles. The second-order valence-electron chi connectivity index (χ2n) is 7.05. The van der Waals surface area contributed by atoms with Crippen LogP contribution in [0.1, 0.15) is 49.8 Å². The highest BCUT2D eigenvalue weighted by Crippen LogP contribution is 2.19. The van der Waals surface area contributed by atoms with Gasteiger partial charge in [-0.1, -0.05) is 43.2 Å². The van der Waals surface area contributed by atoms with E-state index in [9.17, 15) is 10.1 Å². The standard InChI is InChI=1S/C20H27N5O2S.2BrH/c26-25(27)19-10-8-16(9-11-19)13-22-20(24-17-5-2-1-3-6-17)28-12-4-7-18-14-21-15-23-18;;/h8-11,14-15,17H,1-7,12-13H2,(H,21,23)(H,22,24);2*1H. The molecule has 0 saturated heterocycles. The van der Waals surface area contributed by atoms with Gasteiger partial charge >= 0.3 is 0 Å². The molecule has 1 aromatic heterocycles. The van der Waals surface area contributed by atoms with E-state index in [-0.39, 0.29) is 44.6 Å². The molecule has 1 aliphatic rings. The topological polar surface area (TPSA) is 96.2 Å². The number of hydrogen-bond acceptors (Lipinski definition) is 5. The molecule has 10 heteroatoms. The predicted octanol–water partition coefficient (Wildman–Crippen LogP) is 5.62. The van der Waals surface area contributed by atoms with Crippen molar-refractivity contribution in [2.24, 2.45) is 4.99 Å². The van der Waals surface area contributed by atoms with Crippen LogP contribution in [-0.4, -0.2) is 31.9 Å². The average molecular weight is 563 g/mol. The molecule has 0 atom stereocenters. The van der Waals surface area contributed by atoms with E-state index in [0.29, 0.717) is 12.6 Å². The van der Waals surface area contributed by atoms with Crippen LogP contribution in [0.5, 0.6) is 0 Å². The van der Waals surface area contributed by atoms with E-state index in [1.165, 1.54) is 44.2 Å². The maximum atomic E-state index is 10.8. The van der Waals surface area contributed by atoms with Gasteiger partial charge in [0.25, 0.3) is 5.69 Å². The number of imidazole rings is 1. The van der Waals surface area contributed by atoms with Crippen LogP contribution < -0.4 is 5.32 Å². The quantitative estimate of drug-likeness (QED) is 0.143. The van der Waals surface area contributed by atoms with Crippen molar-refractivity contribution in [2.75, 3.05) is 5.75 Å². The number of aromatic nitrogens is 2. The van der Waals surface area contributed by atoms with Crippen LogP contribution in [0.25, 0.3) is 0 Å². The fourth-order valence-corrected chi connectivity index (χ4v) is 4.18. The van der Waals surface area contributed by atoms with Crippen molar-refractivity contribution in [3.63, 3.8) is 0 Å². The molecule has 7 nitrogen and oxygen atoms in total. The molecule has 0 radical (unpaired) electrons. The maximum absolute atomic E-state index is 10.8. The van der Waals surface area contributed by atoms with Crippen molar-refractivity contribution in [1.82, 2.24) is 15.3 Å². The first-order chi connectivity index (χ1) is 13.7. The van der Waals surface area contributed by atoms with Crippen LogP contribution in [0, 0.1) is 10.1 Å². The van der Waals surface area contributed by atoms with Gasteiger partial charge in [-0.05, 0) is 31.2 Å². The number of rotatable bonds is 8. The van der Waals surface area contributed by atoms with Gasteiger partial charge in [-0.25, -0.2) is 4.98 Å². The summed E-state index contributed by atoms with van der Waals surface area (Å²) in [7, 11) is 0. The van der Waals surface area contributed by atoms with Gasteiger partial charge in [-0.2, -0.15) is 0 Å². The molecule has 1 saturated carbocycles. The number of aliphatic imine (C=N–C) groups is 1. The highest BCUT2D eigenvalue weighted by molar-refractivity contribution is 8.93. The average Bonchev–Trinajstić information content (AvgIpc) is 3.24. The fourth-order valence-electron chi connectivity index (χ4n) is 3.29. The smallest absolute Gasteiger partial charge is 0.269 e. The molecule has 0 unspecified atom stereocenters. The number of thioether (sulfide) groups is 1. The molecule has 0 aliphatic heterocycles. The summed E-state index contributed by atoms with van der Waals surface area (Å²) in [5.41, 5.74) is 2.25. The molecule has 0 bridgehead atoms. The first-order valence-corrected chi connectivity index (χ1v) is 10.8. The van der Waals surface area contributed by atoms with E-state index < -0.39 is 0 Å². The Hall–Kier alpha value is -1.39. The number of benzene rings is 1. The van der Waals surface area contributed by atoms with Crippen LogP contribution in [0.15, 0.2) is 41.8 Å². The summed E-state index contributed by atoms with van der Waals surface area (Å²) < 4.78 is 0. The Morgan fingerprint density at radius 2 is 1.97 bits per heavy atom. The summed E-state index contributed by atoms with van der Waals surface area (Å²) in [6.45, 7) is 0.528. The van der Waals surface area contributed by atoms with Gasteiger partial charge in [-0.3, -0.25) is 15.1 Å². The molecular formula is C20H29Br2N5O2S. The number of amidine groups is 1. The Morgan fingerprint density at radius 1 is 1.23 bits per heavy atom. The van der Waals surface area contributed by atoms with Gasteiger partial charge in [-0.15, -0.1) is 34.0 Å². The van der Waals surface area contributed by atoms with E-state index in [1.807, 2.05) is 6.20 Å². The molecule has 0 amide bonds. The number of nitro benzene ring substituents is 1. The zero-order valence-corrected chi connectivity index (χ0v) is 21.0. The predicted molar refractivity (Wildman–Crippen MR) is 134 cm³/mol. The summed E-state index contributed by atoms with van der Waals surface area (Å²) in [5, 5.41) is 15.4. The number of nitrogens with zero attached hydrogens (tertiary/aromatic N) is 3. The molecule has 0 spiro atoms. The number of halogens is 2. The third-order valence-electron chi connectivity index (χ3n) is 4.87. The van der Waals surface area contributed by atoms with Crippen molar-refractivity contribution in [1.29, 1.82) is 0 Å². The Kier molecular flexibility index (Phi) is 13.0. The molecule has 3 rings (SSSR count). The lowest BCUT2D eigenvalue weighted by atomic mass is 9.96. The molecule has 2 N–H and O–H groups in total. The van der Waals surface area contributed by atoms with Gasteiger partial charge in [0.15, 0.2) is 5.17 Å². The van der Waals surface area contributed by atoms with Crippen molar-refractivity contribution in [2.45, 2.75) is 57.5 Å². The Labute approximate surface area is 202 Å². The first kappa shape index (κ1) is 26.6. The zero-order chi connectivity index (χ0) is 19.6. The molecule has 2 aromatic rings. The monoisotopic (exact) mass is 561 g/mol. The fraction of sp³-hybridized carbons (Fsp3) is 0.500. The van der Waals surface area contributed by atoms with Gasteiger partial charge in [0, 0.05) is 35.8 Å². The molecule has 30 heavy (non-hydrogen) atoms. The van der Waals surface area contributed by atoms with Crippen molar-refractivity contribution in [3.8, 4) is 0 Å². The SMILES string of the molecule is Br.Br.O=[N+]([O-])c1ccc(CN=C(NC2CCCCC2)SCCCc2cnc[nH]2)cc1. The number of non-ortho nitro benzene ring substituents is 1. The zero-order valence-electron chi connectivity index (χ0n) is 16.8. The minimum atomic E-state index is -0.376. The largest absolute Gasteiger partial charge is 0.362 e. The normalized spacial score (nSPS) is 14.5. The lowest BCUT2D eigenvalue weighted by Crippen LogP contribution is -2.35. The Balaban J connectivity index is 0.00000225. The van der Waals surface area contributed by atoms with E-state index in [2.05, 4.69) is 15.3 Å². The van der Waals surface area contributed by atoms with E-state index >= 15 is 0 Å². The van der Waals surface area contributed by atoms with Gasteiger partial charge in [0.05, 0.1) is 17.8 Å². The highest BCUT2D eigenvalue weighted by Gasteiger charge is 2.15. The number of H-pyrrole nitrogens is 1. The van der Waals surface area contributed by atoms with Crippen molar-refractivity contribution < 1.29 is 4.92 Å². The van der Waals surface area contributed by atoms with Gasteiger partial charge < -0.3 is 10.3 Å². The second kappa shape index (κ2) is 14.6.